The number of hydrazone groups is 1. The highest BCUT2D eigenvalue weighted by molar-refractivity contribution is 6.01. The van der Waals surface area contributed by atoms with Crippen LogP contribution in [0, 0.1) is 6.92 Å². The Morgan fingerprint density at radius 2 is 2.00 bits per heavy atom. The van der Waals surface area contributed by atoms with Gasteiger partial charge in [-0.05, 0) is 37.6 Å². The van der Waals surface area contributed by atoms with Gasteiger partial charge in [0.1, 0.15) is 11.4 Å². The fraction of sp³-hybridized carbons (Fsp3) is 0.174. The first-order valence-electron chi connectivity index (χ1n) is 9.85. The van der Waals surface area contributed by atoms with Gasteiger partial charge in [-0.2, -0.15) is 10.2 Å². The third-order valence-corrected chi connectivity index (χ3v) is 4.75. The molecule has 4 rings (SSSR count). The van der Waals surface area contributed by atoms with Crippen LogP contribution >= 0.6 is 0 Å². The van der Waals surface area contributed by atoms with Gasteiger partial charge in [0, 0.05) is 27.7 Å². The standard InChI is InChI=1S/C23H23N5O2/c1-3-12-30-22-11-7-5-9-17(22)20-13-21(27-26-20)23(29)28-24-14-18-15(2)25-19-10-6-4-8-16(18)19/h4-11,13-14,25H,3,12H2,1-2H3,(H,26,27)(H,28,29)/b24-14-. The van der Waals surface area contributed by atoms with Crippen molar-refractivity contribution in [1.29, 1.82) is 0 Å². The number of H-pyrrole nitrogens is 2. The van der Waals surface area contributed by atoms with E-state index < -0.39 is 0 Å². The van der Waals surface area contributed by atoms with E-state index in [1.54, 1.807) is 12.3 Å². The van der Waals surface area contributed by atoms with Crippen LogP contribution in [0.4, 0.5) is 0 Å². The summed E-state index contributed by atoms with van der Waals surface area (Å²) in [4.78, 5) is 15.8. The molecule has 30 heavy (non-hydrogen) atoms. The van der Waals surface area contributed by atoms with E-state index in [0.29, 0.717) is 18.0 Å². The molecular weight excluding hydrogens is 378 g/mol. The number of benzene rings is 2. The van der Waals surface area contributed by atoms with E-state index in [1.807, 2.05) is 55.5 Å². The maximum Gasteiger partial charge on any atom is 0.289 e. The monoisotopic (exact) mass is 401 g/mol. The summed E-state index contributed by atoms with van der Waals surface area (Å²) in [6.07, 6.45) is 2.56. The highest BCUT2D eigenvalue weighted by Crippen LogP contribution is 2.28. The largest absolute Gasteiger partial charge is 0.493 e. The second-order valence-electron chi connectivity index (χ2n) is 6.92. The lowest BCUT2D eigenvalue weighted by molar-refractivity contribution is 0.0950. The number of nitrogens with zero attached hydrogens (tertiary/aromatic N) is 2. The lowest BCUT2D eigenvalue weighted by Crippen LogP contribution is -2.18. The topological polar surface area (TPSA) is 95.2 Å². The van der Waals surface area contributed by atoms with Gasteiger partial charge in [-0.15, -0.1) is 0 Å². The summed E-state index contributed by atoms with van der Waals surface area (Å²) < 4.78 is 5.78. The Bertz CT molecular complexity index is 1210. The molecule has 0 aliphatic rings. The minimum atomic E-state index is -0.366. The zero-order valence-corrected chi connectivity index (χ0v) is 16.9. The number of rotatable bonds is 7. The van der Waals surface area contributed by atoms with Gasteiger partial charge in [0.15, 0.2) is 0 Å². The number of amides is 1. The van der Waals surface area contributed by atoms with Crippen molar-refractivity contribution in [2.24, 2.45) is 5.10 Å². The van der Waals surface area contributed by atoms with Gasteiger partial charge < -0.3 is 9.72 Å². The van der Waals surface area contributed by atoms with Crippen LogP contribution in [-0.2, 0) is 0 Å². The molecule has 0 aliphatic carbocycles. The van der Waals surface area contributed by atoms with Crippen molar-refractivity contribution in [2.45, 2.75) is 20.3 Å². The Labute approximate surface area is 174 Å². The molecule has 7 nitrogen and oxygen atoms in total. The van der Waals surface area contributed by atoms with Crippen LogP contribution < -0.4 is 10.2 Å². The number of aryl methyl sites for hydroxylation is 1. The van der Waals surface area contributed by atoms with Crippen molar-refractivity contribution in [1.82, 2.24) is 20.6 Å². The van der Waals surface area contributed by atoms with E-state index in [-0.39, 0.29) is 5.91 Å². The third-order valence-electron chi connectivity index (χ3n) is 4.75. The van der Waals surface area contributed by atoms with Crippen LogP contribution in [0.1, 0.15) is 35.1 Å². The summed E-state index contributed by atoms with van der Waals surface area (Å²) in [6, 6.07) is 17.3. The predicted octanol–water partition coefficient (Wildman–Crippen LogP) is 4.42. The van der Waals surface area contributed by atoms with E-state index >= 15 is 0 Å². The molecule has 0 fully saturated rings. The van der Waals surface area contributed by atoms with E-state index in [9.17, 15) is 4.79 Å². The Hall–Kier alpha value is -3.87. The van der Waals surface area contributed by atoms with Crippen LogP contribution in [-0.4, -0.2) is 33.9 Å². The molecule has 0 saturated heterocycles. The number of carbonyl (C=O) groups is 1. The minimum absolute atomic E-state index is 0.322. The molecule has 0 atom stereocenters. The predicted molar refractivity (Wildman–Crippen MR) is 118 cm³/mol. The average Bonchev–Trinajstić information content (AvgIpc) is 3.37. The average molecular weight is 401 g/mol. The molecule has 2 heterocycles. The molecule has 0 bridgehead atoms. The Kier molecular flexibility index (Phi) is 5.61. The Morgan fingerprint density at radius 3 is 2.87 bits per heavy atom. The lowest BCUT2D eigenvalue weighted by atomic mass is 10.1. The van der Waals surface area contributed by atoms with E-state index in [2.05, 4.69) is 32.6 Å². The number of aromatic amines is 2. The van der Waals surface area contributed by atoms with Crippen LogP contribution in [0.2, 0.25) is 0 Å². The maximum atomic E-state index is 12.5. The van der Waals surface area contributed by atoms with Crippen molar-refractivity contribution >= 4 is 23.0 Å². The molecule has 1 amide bonds. The van der Waals surface area contributed by atoms with Gasteiger partial charge in [0.25, 0.3) is 5.91 Å². The van der Waals surface area contributed by atoms with Crippen LogP contribution in [0.3, 0.4) is 0 Å². The van der Waals surface area contributed by atoms with Crippen LogP contribution in [0.15, 0.2) is 59.7 Å². The Morgan fingerprint density at radius 1 is 1.20 bits per heavy atom. The van der Waals surface area contributed by atoms with Gasteiger partial charge >= 0.3 is 0 Å². The van der Waals surface area contributed by atoms with Gasteiger partial charge in [0.05, 0.1) is 18.5 Å². The van der Waals surface area contributed by atoms with E-state index in [0.717, 1.165) is 39.9 Å². The molecular formula is C23H23N5O2. The number of carbonyl (C=O) groups excluding carboxylic acids is 1. The highest BCUT2D eigenvalue weighted by Gasteiger charge is 2.14. The summed E-state index contributed by atoms with van der Waals surface area (Å²) in [6.45, 7) is 4.65. The lowest BCUT2D eigenvalue weighted by Gasteiger charge is -2.08. The van der Waals surface area contributed by atoms with Gasteiger partial charge in [0.2, 0.25) is 0 Å². The van der Waals surface area contributed by atoms with Crippen LogP contribution in [0.5, 0.6) is 5.75 Å². The van der Waals surface area contributed by atoms with Crippen molar-refractivity contribution in [3.8, 4) is 17.0 Å². The SMILES string of the molecule is CCCOc1ccccc1-c1cc(C(=O)N/N=C\c2c(C)[nH]c3ccccc23)[nH]n1. The van der Waals surface area contributed by atoms with Crippen LogP contribution in [0.25, 0.3) is 22.2 Å². The summed E-state index contributed by atoms with van der Waals surface area (Å²) in [5.41, 5.74) is 7.32. The number of ether oxygens (including phenoxy) is 1. The highest BCUT2D eigenvalue weighted by atomic mass is 16.5. The molecule has 0 aliphatic heterocycles. The number of aromatic nitrogens is 3. The molecule has 2 aromatic heterocycles. The molecule has 2 aromatic carbocycles. The fourth-order valence-corrected chi connectivity index (χ4v) is 3.27. The quantitative estimate of drug-likeness (QED) is 0.316. The zero-order valence-electron chi connectivity index (χ0n) is 16.9. The molecule has 0 saturated carbocycles. The van der Waals surface area contributed by atoms with Crippen molar-refractivity contribution in [3.63, 3.8) is 0 Å². The number of hydrogen-bond donors (Lipinski definition) is 3. The molecule has 4 aromatic rings. The number of hydrogen-bond acceptors (Lipinski definition) is 4. The number of nitrogens with one attached hydrogen (secondary N) is 3. The fourth-order valence-electron chi connectivity index (χ4n) is 3.27. The Balaban J connectivity index is 1.49. The summed E-state index contributed by atoms with van der Waals surface area (Å²) in [7, 11) is 0. The number of fused-ring (bicyclic) bond motifs is 1. The van der Waals surface area contributed by atoms with Crippen molar-refractivity contribution in [3.05, 3.63) is 71.5 Å². The normalized spacial score (nSPS) is 11.3. The summed E-state index contributed by atoms with van der Waals surface area (Å²) in [5.74, 6) is 0.375. The van der Waals surface area contributed by atoms with Crippen molar-refractivity contribution < 1.29 is 9.53 Å². The first-order chi connectivity index (χ1) is 14.7. The van der Waals surface area contributed by atoms with Gasteiger partial charge in [-0.1, -0.05) is 37.3 Å². The second-order valence-corrected chi connectivity index (χ2v) is 6.92. The van der Waals surface area contributed by atoms with E-state index in [1.165, 1.54) is 0 Å². The molecule has 0 spiro atoms. The molecule has 0 unspecified atom stereocenters. The third kappa shape index (κ3) is 3.96. The minimum Gasteiger partial charge on any atom is -0.493 e. The first-order valence-corrected chi connectivity index (χ1v) is 9.85. The van der Waals surface area contributed by atoms with Gasteiger partial charge in [-0.25, -0.2) is 5.43 Å². The van der Waals surface area contributed by atoms with Gasteiger partial charge in [-0.3, -0.25) is 9.89 Å². The summed E-state index contributed by atoms with van der Waals surface area (Å²) >= 11 is 0. The maximum absolute atomic E-state index is 12.5. The zero-order chi connectivity index (χ0) is 20.9. The second kappa shape index (κ2) is 8.65. The first kappa shape index (κ1) is 19.4. The molecule has 7 heteroatoms. The smallest absolute Gasteiger partial charge is 0.289 e. The molecule has 0 radical (unpaired) electrons. The molecule has 152 valence electrons. The van der Waals surface area contributed by atoms with Crippen molar-refractivity contribution in [2.75, 3.05) is 6.61 Å². The number of para-hydroxylation sites is 2. The summed E-state index contributed by atoms with van der Waals surface area (Å²) in [5, 5.41) is 12.2. The van der Waals surface area contributed by atoms with E-state index in [4.69, 9.17) is 4.74 Å². The molecule has 3 N–H and O–H groups in total.